The van der Waals surface area contributed by atoms with E-state index in [0.717, 1.165) is 64.8 Å². The normalized spacial score (nSPS) is 19.9. The summed E-state index contributed by atoms with van der Waals surface area (Å²) in [5.74, 6) is 0. The minimum atomic E-state index is -0.612. The lowest BCUT2D eigenvalue weighted by Gasteiger charge is -2.33. The van der Waals surface area contributed by atoms with Crippen LogP contribution in [0.5, 0.6) is 0 Å². The number of amides is 1. The van der Waals surface area contributed by atoms with Crippen LogP contribution in [0.4, 0.5) is 4.79 Å². The summed E-state index contributed by atoms with van der Waals surface area (Å²) < 4.78 is 21.0. The van der Waals surface area contributed by atoms with Crippen molar-refractivity contribution in [3.63, 3.8) is 0 Å². The topological polar surface area (TPSA) is 128 Å². The van der Waals surface area contributed by atoms with E-state index in [9.17, 15) is 20.1 Å². The number of carbonyl (C=O) groups excluding carboxylic acids is 1. The quantitative estimate of drug-likeness (QED) is 0.207. The van der Waals surface area contributed by atoms with E-state index in [0.29, 0.717) is 65.7 Å². The first-order valence-corrected chi connectivity index (χ1v) is 15.5. The van der Waals surface area contributed by atoms with Crippen LogP contribution in [0.2, 0.25) is 0 Å². The highest BCUT2D eigenvalue weighted by molar-refractivity contribution is 5.67. The molecule has 244 valence electrons. The lowest BCUT2D eigenvalue weighted by atomic mass is 10.1. The molecular formula is C29H60N4O8. The third-order valence-corrected chi connectivity index (χ3v) is 7.27. The van der Waals surface area contributed by atoms with Crippen LogP contribution < -0.4 is 0 Å². The van der Waals surface area contributed by atoms with Gasteiger partial charge in [0.2, 0.25) is 0 Å². The third-order valence-electron chi connectivity index (χ3n) is 7.27. The molecule has 0 aromatic rings. The Labute approximate surface area is 248 Å². The van der Waals surface area contributed by atoms with E-state index in [1.54, 1.807) is 12.0 Å². The molecule has 1 aliphatic heterocycles. The number of unbranched alkanes of at least 4 members (excludes halogenated alkanes) is 1. The largest absolute Gasteiger partial charge is 0.453 e. The summed E-state index contributed by atoms with van der Waals surface area (Å²) in [6.07, 6.45) is 2.15. The molecule has 0 aliphatic carbocycles. The summed E-state index contributed by atoms with van der Waals surface area (Å²) in [4.78, 5) is 21.0. The number of ether oxygens (including phenoxy) is 4. The monoisotopic (exact) mass is 592 g/mol. The van der Waals surface area contributed by atoms with Crippen LogP contribution in [0, 0.1) is 0 Å². The Balaban J connectivity index is 2.96. The molecule has 1 rings (SSSR count). The zero-order valence-electron chi connectivity index (χ0n) is 26.3. The van der Waals surface area contributed by atoms with Gasteiger partial charge in [-0.05, 0) is 65.6 Å². The van der Waals surface area contributed by atoms with E-state index in [1.165, 1.54) is 7.11 Å². The molecule has 1 aliphatic rings. The van der Waals surface area contributed by atoms with E-state index in [4.69, 9.17) is 18.9 Å². The fraction of sp³-hybridized carbons (Fsp3) is 0.966. The average molecular weight is 593 g/mol. The number of β-amino-alcohol motifs (C(OH)–C–C–N with tert-alkyl or cyclic N) is 3. The summed E-state index contributed by atoms with van der Waals surface area (Å²) >= 11 is 0. The minimum Gasteiger partial charge on any atom is -0.453 e. The number of hydrogen-bond donors (Lipinski definition) is 3. The molecule has 0 bridgehead atoms. The number of hydrogen-bond acceptors (Lipinski definition) is 11. The summed E-state index contributed by atoms with van der Waals surface area (Å²) in [5.41, 5.74) is 0. The van der Waals surface area contributed by atoms with E-state index in [2.05, 4.69) is 14.7 Å². The van der Waals surface area contributed by atoms with Gasteiger partial charge in [-0.2, -0.15) is 0 Å². The Morgan fingerprint density at radius 1 is 0.683 bits per heavy atom. The maximum atomic E-state index is 12.5. The van der Waals surface area contributed by atoms with Crippen molar-refractivity contribution in [2.45, 2.75) is 64.3 Å². The Kier molecular flexibility index (Phi) is 22.5. The van der Waals surface area contributed by atoms with Crippen LogP contribution in [0.3, 0.4) is 0 Å². The summed E-state index contributed by atoms with van der Waals surface area (Å²) in [5, 5.41) is 31.8. The lowest BCUT2D eigenvalue weighted by molar-refractivity contribution is 0.0121. The third kappa shape index (κ3) is 18.9. The van der Waals surface area contributed by atoms with Crippen molar-refractivity contribution in [2.75, 3.05) is 119 Å². The molecule has 3 N–H and O–H groups in total. The average Bonchev–Trinajstić information content (AvgIpc) is 2.96. The van der Waals surface area contributed by atoms with Crippen molar-refractivity contribution >= 4 is 6.09 Å². The van der Waals surface area contributed by atoms with Crippen molar-refractivity contribution in [3.05, 3.63) is 0 Å². The zero-order valence-corrected chi connectivity index (χ0v) is 26.3. The first kappa shape index (κ1) is 37.9. The molecule has 0 saturated carbocycles. The number of rotatable bonds is 17. The van der Waals surface area contributed by atoms with E-state index in [-0.39, 0.29) is 12.7 Å². The number of carbonyl (C=O) groups is 1. The first-order chi connectivity index (χ1) is 19.8. The lowest BCUT2D eigenvalue weighted by Crippen LogP contribution is -2.46. The molecule has 1 saturated heterocycles. The molecule has 1 fully saturated rings. The number of aliphatic hydroxyl groups excluding tert-OH is 3. The van der Waals surface area contributed by atoms with Crippen molar-refractivity contribution in [1.82, 2.24) is 19.6 Å². The van der Waals surface area contributed by atoms with E-state index < -0.39 is 18.3 Å². The second-order valence-corrected chi connectivity index (χ2v) is 10.8. The van der Waals surface area contributed by atoms with Gasteiger partial charge < -0.3 is 39.2 Å². The number of methoxy groups -OCH3 is 2. The second-order valence-electron chi connectivity index (χ2n) is 10.8. The molecule has 12 heteroatoms. The molecule has 1 amide bonds. The van der Waals surface area contributed by atoms with Crippen LogP contribution >= 0.6 is 0 Å². The molecule has 0 aromatic heterocycles. The minimum absolute atomic E-state index is 0.275. The standard InChI is InChI=1S/C29H60N4O8/c1-5-40-24-27(35)22-31-12-9-13-32(23-28(36)25-41-6-2)18-19-33(29(37)39-4)15-10-14-30(16-17-31)21-26(34)11-7-8-20-38-3/h26-28,34-36H,5-25H2,1-4H3. The van der Waals surface area contributed by atoms with Gasteiger partial charge >= 0.3 is 6.09 Å². The van der Waals surface area contributed by atoms with Crippen LogP contribution in [-0.2, 0) is 18.9 Å². The molecule has 0 aromatic carbocycles. The Morgan fingerprint density at radius 3 is 1.66 bits per heavy atom. The van der Waals surface area contributed by atoms with Crippen molar-refractivity contribution in [1.29, 1.82) is 0 Å². The second kappa shape index (κ2) is 24.4. The molecule has 12 nitrogen and oxygen atoms in total. The van der Waals surface area contributed by atoms with Crippen LogP contribution in [-0.4, -0.2) is 179 Å². The van der Waals surface area contributed by atoms with Gasteiger partial charge in [0.05, 0.1) is 38.6 Å². The van der Waals surface area contributed by atoms with Crippen molar-refractivity contribution in [2.24, 2.45) is 0 Å². The van der Waals surface area contributed by atoms with Gasteiger partial charge in [-0.15, -0.1) is 0 Å². The van der Waals surface area contributed by atoms with Crippen molar-refractivity contribution in [3.8, 4) is 0 Å². The fourth-order valence-corrected chi connectivity index (χ4v) is 5.08. The van der Waals surface area contributed by atoms with Crippen LogP contribution in [0.1, 0.15) is 46.0 Å². The van der Waals surface area contributed by atoms with Gasteiger partial charge in [-0.1, -0.05) is 0 Å². The smallest absolute Gasteiger partial charge is 0.409 e. The summed E-state index contributed by atoms with van der Waals surface area (Å²) in [6.45, 7) is 13.1. The summed E-state index contributed by atoms with van der Waals surface area (Å²) in [7, 11) is 3.09. The highest BCUT2D eigenvalue weighted by atomic mass is 16.5. The maximum absolute atomic E-state index is 12.5. The molecule has 3 atom stereocenters. The van der Waals surface area contributed by atoms with Crippen molar-refractivity contribution < 1.29 is 39.1 Å². The Bertz CT molecular complexity index is 636. The number of nitrogens with zero attached hydrogens (tertiary/aromatic N) is 4. The van der Waals surface area contributed by atoms with Crippen LogP contribution in [0.25, 0.3) is 0 Å². The molecule has 1 heterocycles. The predicted octanol–water partition coefficient (Wildman–Crippen LogP) is 0.727. The molecule has 0 spiro atoms. The van der Waals surface area contributed by atoms with Crippen LogP contribution in [0.15, 0.2) is 0 Å². The number of aliphatic hydroxyl groups is 3. The van der Waals surface area contributed by atoms with Gasteiger partial charge in [0.1, 0.15) is 0 Å². The fourth-order valence-electron chi connectivity index (χ4n) is 5.08. The van der Waals surface area contributed by atoms with Gasteiger partial charge in [0, 0.05) is 79.3 Å². The molecule has 0 radical (unpaired) electrons. The van der Waals surface area contributed by atoms with E-state index in [1.807, 2.05) is 13.8 Å². The van der Waals surface area contributed by atoms with Gasteiger partial charge in [0.15, 0.2) is 0 Å². The molecule has 41 heavy (non-hydrogen) atoms. The highest BCUT2D eigenvalue weighted by Crippen LogP contribution is 2.09. The predicted molar refractivity (Wildman–Crippen MR) is 159 cm³/mol. The first-order valence-electron chi connectivity index (χ1n) is 15.5. The van der Waals surface area contributed by atoms with E-state index >= 15 is 0 Å². The van der Waals surface area contributed by atoms with Gasteiger partial charge in [-0.25, -0.2) is 4.79 Å². The van der Waals surface area contributed by atoms with Gasteiger partial charge in [0.25, 0.3) is 0 Å². The Hall–Kier alpha value is -1.09. The highest BCUT2D eigenvalue weighted by Gasteiger charge is 2.21. The Morgan fingerprint density at radius 2 is 1.17 bits per heavy atom. The summed E-state index contributed by atoms with van der Waals surface area (Å²) in [6, 6.07) is 0. The van der Waals surface area contributed by atoms with Gasteiger partial charge in [-0.3, -0.25) is 14.7 Å². The molecule has 3 unspecified atom stereocenters. The SMILES string of the molecule is CCOCC(O)CN1CCCN(CC(O)COCC)CCN(C(=O)OC)CCCN(CC(O)CCCCOC)CC1. The maximum Gasteiger partial charge on any atom is 0.409 e. The molecular weight excluding hydrogens is 532 g/mol. The zero-order chi connectivity index (χ0) is 30.3.